The molecule has 2 unspecified atom stereocenters. The number of nitrogens with zero attached hydrogens (tertiary/aromatic N) is 2. The second-order valence-corrected chi connectivity index (χ2v) is 6.50. The molecule has 2 atom stereocenters. The van der Waals surface area contributed by atoms with Crippen LogP contribution < -0.4 is 5.32 Å². The van der Waals surface area contributed by atoms with Gasteiger partial charge in [-0.2, -0.15) is 5.26 Å². The van der Waals surface area contributed by atoms with E-state index in [2.05, 4.69) is 37.2 Å². The van der Waals surface area contributed by atoms with E-state index < -0.39 is 0 Å². The molecular weight excluding hydrogens is 234 g/mol. The molecule has 1 N–H and O–H groups in total. The summed E-state index contributed by atoms with van der Waals surface area (Å²) in [5, 5.41) is 13.3. The zero-order chi connectivity index (χ0) is 13.9. The molecule has 3 heteroatoms. The Morgan fingerprint density at radius 1 is 1.32 bits per heavy atom. The van der Waals surface area contributed by atoms with Gasteiger partial charge >= 0.3 is 0 Å². The number of hydrogen-bond acceptors (Lipinski definition) is 3. The third-order valence-electron chi connectivity index (χ3n) is 5.09. The van der Waals surface area contributed by atoms with E-state index >= 15 is 0 Å². The molecule has 2 aliphatic rings. The predicted octanol–water partition coefficient (Wildman–Crippen LogP) is 3.06. The van der Waals surface area contributed by atoms with E-state index in [9.17, 15) is 5.26 Å². The normalized spacial score (nSPS) is 31.7. The first kappa shape index (κ1) is 14.8. The summed E-state index contributed by atoms with van der Waals surface area (Å²) in [4.78, 5) is 2.54. The number of nitrogens with one attached hydrogen (secondary N) is 1. The van der Waals surface area contributed by atoms with Crippen molar-refractivity contribution in [3.8, 4) is 6.07 Å². The van der Waals surface area contributed by atoms with Crippen molar-refractivity contribution < 1.29 is 0 Å². The Kier molecular flexibility index (Phi) is 4.86. The number of rotatable bonds is 6. The zero-order valence-corrected chi connectivity index (χ0v) is 12.8. The Balaban J connectivity index is 2.00. The molecule has 2 rings (SSSR count). The van der Waals surface area contributed by atoms with Gasteiger partial charge < -0.3 is 4.90 Å². The summed E-state index contributed by atoms with van der Waals surface area (Å²) in [5.41, 5.74) is -0.246. The highest BCUT2D eigenvalue weighted by Crippen LogP contribution is 2.35. The van der Waals surface area contributed by atoms with E-state index in [4.69, 9.17) is 0 Å². The molecule has 0 radical (unpaired) electrons. The fourth-order valence-corrected chi connectivity index (χ4v) is 3.64. The van der Waals surface area contributed by atoms with Gasteiger partial charge in [0.15, 0.2) is 0 Å². The van der Waals surface area contributed by atoms with Crippen molar-refractivity contribution in [2.75, 3.05) is 7.05 Å². The first-order valence-corrected chi connectivity index (χ1v) is 8.05. The zero-order valence-electron chi connectivity index (χ0n) is 12.8. The molecule has 0 aromatic rings. The van der Waals surface area contributed by atoms with Crippen molar-refractivity contribution in [1.29, 1.82) is 5.26 Å². The lowest BCUT2D eigenvalue weighted by Gasteiger charge is -2.43. The maximum Gasteiger partial charge on any atom is 0.108 e. The van der Waals surface area contributed by atoms with Crippen LogP contribution in [0.25, 0.3) is 0 Å². The van der Waals surface area contributed by atoms with Crippen molar-refractivity contribution >= 4 is 0 Å². The monoisotopic (exact) mass is 263 g/mol. The van der Waals surface area contributed by atoms with E-state index in [1.807, 2.05) is 0 Å². The van der Waals surface area contributed by atoms with Crippen LogP contribution in [0.4, 0.5) is 0 Å². The summed E-state index contributed by atoms with van der Waals surface area (Å²) >= 11 is 0. The van der Waals surface area contributed by atoms with Crippen LogP contribution in [0.5, 0.6) is 0 Å². The van der Waals surface area contributed by atoms with Crippen molar-refractivity contribution in [2.24, 2.45) is 0 Å². The minimum Gasteiger partial charge on any atom is -0.300 e. The first-order valence-electron chi connectivity index (χ1n) is 8.05. The van der Waals surface area contributed by atoms with Gasteiger partial charge in [-0.15, -0.1) is 0 Å². The fraction of sp³-hybridized carbons (Fsp3) is 0.938. The summed E-state index contributed by atoms with van der Waals surface area (Å²) in [6.07, 6.45) is 9.41. The summed E-state index contributed by atoms with van der Waals surface area (Å²) in [7, 11) is 2.26. The smallest absolute Gasteiger partial charge is 0.108 e. The van der Waals surface area contributed by atoms with Crippen molar-refractivity contribution in [3.05, 3.63) is 0 Å². The summed E-state index contributed by atoms with van der Waals surface area (Å²) in [5.74, 6) is 0. The first-order chi connectivity index (χ1) is 9.14. The van der Waals surface area contributed by atoms with E-state index in [1.165, 1.54) is 38.5 Å². The maximum absolute atomic E-state index is 9.64. The predicted molar refractivity (Wildman–Crippen MR) is 78.9 cm³/mol. The minimum atomic E-state index is -0.246. The van der Waals surface area contributed by atoms with Crippen LogP contribution in [0.3, 0.4) is 0 Å². The van der Waals surface area contributed by atoms with Crippen LogP contribution in [-0.4, -0.2) is 35.6 Å². The van der Waals surface area contributed by atoms with E-state index in [0.717, 1.165) is 12.8 Å². The Morgan fingerprint density at radius 3 is 2.53 bits per heavy atom. The molecule has 3 nitrogen and oxygen atoms in total. The molecule has 0 aliphatic heterocycles. The standard InChI is InChI=1S/C16H29N3/c1-4-14(5-2)19(3)15-7-6-10-16(11-15,12-17)18-13-8-9-13/h13-15,18H,4-11H2,1-3H3. The van der Waals surface area contributed by atoms with Crippen molar-refractivity contribution in [1.82, 2.24) is 10.2 Å². The Bertz CT molecular complexity index is 327. The third kappa shape index (κ3) is 3.49. The van der Waals surface area contributed by atoms with E-state index in [0.29, 0.717) is 18.1 Å². The van der Waals surface area contributed by atoms with Gasteiger partial charge in [0, 0.05) is 18.1 Å². The van der Waals surface area contributed by atoms with E-state index in [-0.39, 0.29) is 5.54 Å². The molecule has 0 aromatic heterocycles. The molecule has 0 saturated heterocycles. The summed E-state index contributed by atoms with van der Waals surface area (Å²) < 4.78 is 0. The highest BCUT2D eigenvalue weighted by molar-refractivity contribution is 5.13. The lowest BCUT2D eigenvalue weighted by Crippen LogP contribution is -2.54. The van der Waals surface area contributed by atoms with Crippen LogP contribution in [0, 0.1) is 11.3 Å². The van der Waals surface area contributed by atoms with Crippen LogP contribution in [-0.2, 0) is 0 Å². The fourth-order valence-electron chi connectivity index (χ4n) is 3.64. The van der Waals surface area contributed by atoms with Crippen LogP contribution in [0.1, 0.15) is 65.2 Å². The molecule has 0 heterocycles. The Morgan fingerprint density at radius 2 is 2.00 bits per heavy atom. The molecule has 2 saturated carbocycles. The number of nitriles is 1. The van der Waals surface area contributed by atoms with Crippen molar-refractivity contribution in [2.45, 2.75) is 88.9 Å². The molecule has 19 heavy (non-hydrogen) atoms. The van der Waals surface area contributed by atoms with Gasteiger partial charge in [-0.3, -0.25) is 5.32 Å². The number of hydrogen-bond donors (Lipinski definition) is 1. The second-order valence-electron chi connectivity index (χ2n) is 6.50. The maximum atomic E-state index is 9.64. The van der Waals surface area contributed by atoms with Crippen LogP contribution >= 0.6 is 0 Å². The minimum absolute atomic E-state index is 0.246. The largest absolute Gasteiger partial charge is 0.300 e. The molecule has 0 aromatic carbocycles. The molecular formula is C16H29N3. The SMILES string of the molecule is CCC(CC)N(C)C1CCCC(C#N)(NC2CC2)C1. The lowest BCUT2D eigenvalue weighted by atomic mass is 9.78. The quantitative estimate of drug-likeness (QED) is 0.800. The van der Waals surface area contributed by atoms with E-state index in [1.54, 1.807) is 0 Å². The van der Waals surface area contributed by atoms with Gasteiger partial charge in [-0.05, 0) is 58.4 Å². The van der Waals surface area contributed by atoms with Gasteiger partial charge in [0.1, 0.15) is 5.54 Å². The summed E-state index contributed by atoms with van der Waals surface area (Å²) in [6.45, 7) is 4.54. The average molecular weight is 263 g/mol. The van der Waals surface area contributed by atoms with Crippen LogP contribution in [0.15, 0.2) is 0 Å². The molecule has 108 valence electrons. The van der Waals surface area contributed by atoms with Gasteiger partial charge in [0.25, 0.3) is 0 Å². The second kappa shape index (κ2) is 6.24. The highest BCUT2D eigenvalue weighted by Gasteiger charge is 2.41. The van der Waals surface area contributed by atoms with Gasteiger partial charge in [-0.25, -0.2) is 0 Å². The highest BCUT2D eigenvalue weighted by atomic mass is 15.2. The molecule has 0 bridgehead atoms. The molecule has 0 amide bonds. The topological polar surface area (TPSA) is 39.1 Å². The molecule has 2 aliphatic carbocycles. The third-order valence-corrected chi connectivity index (χ3v) is 5.09. The molecule has 2 fully saturated rings. The Labute approximate surface area is 118 Å². The Hall–Kier alpha value is -0.590. The average Bonchev–Trinajstić information content (AvgIpc) is 3.24. The van der Waals surface area contributed by atoms with Crippen molar-refractivity contribution in [3.63, 3.8) is 0 Å². The van der Waals surface area contributed by atoms with Crippen LogP contribution in [0.2, 0.25) is 0 Å². The molecule has 0 spiro atoms. The lowest BCUT2D eigenvalue weighted by molar-refractivity contribution is 0.100. The summed E-state index contributed by atoms with van der Waals surface area (Å²) in [6, 6.07) is 4.47. The van der Waals surface area contributed by atoms with Gasteiger partial charge in [0.05, 0.1) is 6.07 Å². The van der Waals surface area contributed by atoms with Gasteiger partial charge in [0.2, 0.25) is 0 Å². The van der Waals surface area contributed by atoms with Gasteiger partial charge in [-0.1, -0.05) is 13.8 Å².